The molecule has 118 valence electrons. The number of nitrogens with zero attached hydrogens (tertiary/aromatic N) is 2. The van der Waals surface area contributed by atoms with Gasteiger partial charge in [0.05, 0.1) is 5.52 Å². The Morgan fingerprint density at radius 1 is 0.667 bits per heavy atom. The number of benzene rings is 3. The van der Waals surface area contributed by atoms with Crippen LogP contribution in [0.5, 0.6) is 0 Å². The van der Waals surface area contributed by atoms with E-state index in [-0.39, 0.29) is 0 Å². The molecule has 0 spiro atoms. The molecule has 1 aromatic heterocycles. The van der Waals surface area contributed by atoms with Crippen molar-refractivity contribution in [2.24, 2.45) is 4.36 Å². The summed E-state index contributed by atoms with van der Waals surface area (Å²) in [7, 11) is -2.44. The molecule has 1 heterocycles. The van der Waals surface area contributed by atoms with Crippen LogP contribution in [-0.2, 0) is 10.5 Å². The number of hydrogen-bond donors (Lipinski definition) is 0. The van der Waals surface area contributed by atoms with Gasteiger partial charge in [-0.3, -0.25) is 4.98 Å². The maximum absolute atomic E-state index is 10.4. The van der Waals surface area contributed by atoms with Gasteiger partial charge in [-0.1, -0.05) is 66.7 Å². The summed E-state index contributed by atoms with van der Waals surface area (Å²) in [6.45, 7) is 0. The van der Waals surface area contributed by atoms with Crippen LogP contribution in [-0.4, -0.2) is 13.4 Å². The first-order valence-electron chi connectivity index (χ1n) is 7.33. The SMILES string of the molecule is O=S(=O)=Nc1cccc2cccnc12.c1ccc2ccccc2c1. The molecule has 0 radical (unpaired) electrons. The fourth-order valence-electron chi connectivity index (χ4n) is 2.37. The van der Waals surface area contributed by atoms with Gasteiger partial charge < -0.3 is 0 Å². The lowest BCUT2D eigenvalue weighted by atomic mass is 10.1. The second-order valence-corrected chi connectivity index (χ2v) is 5.62. The van der Waals surface area contributed by atoms with Crippen LogP contribution in [0.15, 0.2) is 89.4 Å². The Labute approximate surface area is 141 Å². The van der Waals surface area contributed by atoms with Crippen molar-refractivity contribution in [2.75, 3.05) is 0 Å². The highest BCUT2D eigenvalue weighted by Crippen LogP contribution is 2.22. The van der Waals surface area contributed by atoms with E-state index >= 15 is 0 Å². The van der Waals surface area contributed by atoms with Crippen molar-refractivity contribution in [3.05, 3.63) is 85.1 Å². The fraction of sp³-hybridized carbons (Fsp3) is 0. The summed E-state index contributed by atoms with van der Waals surface area (Å²) in [5.74, 6) is 0. The summed E-state index contributed by atoms with van der Waals surface area (Å²) < 4.78 is 24.3. The predicted molar refractivity (Wildman–Crippen MR) is 96.7 cm³/mol. The summed E-state index contributed by atoms with van der Waals surface area (Å²) in [6, 6.07) is 25.6. The zero-order valence-corrected chi connectivity index (χ0v) is 13.5. The second-order valence-electron chi connectivity index (χ2n) is 5.01. The van der Waals surface area contributed by atoms with Gasteiger partial charge in [-0.25, -0.2) is 0 Å². The Bertz CT molecular complexity index is 1040. The highest BCUT2D eigenvalue weighted by molar-refractivity contribution is 7.61. The molecule has 0 saturated carbocycles. The van der Waals surface area contributed by atoms with Crippen LogP contribution in [0.2, 0.25) is 0 Å². The quantitative estimate of drug-likeness (QED) is 0.504. The molecule has 4 nitrogen and oxygen atoms in total. The van der Waals surface area contributed by atoms with E-state index in [9.17, 15) is 8.42 Å². The molecule has 3 aromatic carbocycles. The van der Waals surface area contributed by atoms with E-state index in [1.807, 2.05) is 12.1 Å². The first-order valence-corrected chi connectivity index (χ1v) is 8.36. The van der Waals surface area contributed by atoms with Crippen LogP contribution in [0.4, 0.5) is 5.69 Å². The number of hydrogen-bond acceptors (Lipinski definition) is 4. The van der Waals surface area contributed by atoms with E-state index in [1.54, 1.807) is 24.4 Å². The van der Waals surface area contributed by atoms with Gasteiger partial charge in [0.25, 0.3) is 0 Å². The van der Waals surface area contributed by atoms with Gasteiger partial charge in [0.1, 0.15) is 5.69 Å². The molecule has 0 unspecified atom stereocenters. The topological polar surface area (TPSA) is 59.4 Å². The molecule has 4 rings (SSSR count). The van der Waals surface area contributed by atoms with Crippen molar-refractivity contribution in [1.82, 2.24) is 4.98 Å². The molecule has 4 aromatic rings. The van der Waals surface area contributed by atoms with Crippen LogP contribution in [0.25, 0.3) is 21.7 Å². The van der Waals surface area contributed by atoms with Gasteiger partial charge in [-0.15, -0.1) is 4.36 Å². The van der Waals surface area contributed by atoms with Crippen molar-refractivity contribution in [2.45, 2.75) is 0 Å². The minimum absolute atomic E-state index is 0.372. The second kappa shape index (κ2) is 7.48. The minimum atomic E-state index is -2.44. The average Bonchev–Trinajstić information content (AvgIpc) is 2.62. The first-order chi connectivity index (χ1) is 11.7. The van der Waals surface area contributed by atoms with Crippen LogP contribution in [0.3, 0.4) is 0 Å². The smallest absolute Gasteiger partial charge is 0.254 e. The summed E-state index contributed by atoms with van der Waals surface area (Å²) in [4.78, 5) is 4.07. The Morgan fingerprint density at radius 2 is 1.21 bits per heavy atom. The molecular formula is C19H14N2O2S. The predicted octanol–water partition coefficient (Wildman–Crippen LogP) is 4.77. The van der Waals surface area contributed by atoms with Crippen molar-refractivity contribution in [3.8, 4) is 0 Å². The monoisotopic (exact) mass is 334 g/mol. The number of rotatable bonds is 1. The number of pyridine rings is 1. The number of para-hydroxylation sites is 1. The van der Waals surface area contributed by atoms with Crippen LogP contribution in [0, 0.1) is 0 Å². The van der Waals surface area contributed by atoms with Gasteiger partial charge in [0.2, 0.25) is 0 Å². The Balaban J connectivity index is 0.000000149. The molecule has 0 bridgehead atoms. The molecule has 0 aliphatic heterocycles. The highest BCUT2D eigenvalue weighted by Gasteiger charge is 1.99. The zero-order valence-electron chi connectivity index (χ0n) is 12.7. The van der Waals surface area contributed by atoms with Crippen LogP contribution < -0.4 is 0 Å². The largest absolute Gasteiger partial charge is 0.316 e. The molecule has 0 saturated heterocycles. The standard InChI is InChI=1S/C10H8.C9H6N2O2S/c1-2-6-10-8-4-3-7-9(10)5-1;12-14(13)11-8-5-1-3-7-4-2-6-10-9(7)8/h1-8H;1-6H. The summed E-state index contributed by atoms with van der Waals surface area (Å²) in [5.41, 5.74) is 0.968. The average molecular weight is 334 g/mol. The maximum Gasteiger partial charge on any atom is 0.316 e. The molecule has 0 atom stereocenters. The third-order valence-electron chi connectivity index (χ3n) is 3.44. The van der Waals surface area contributed by atoms with Gasteiger partial charge in [-0.2, -0.15) is 8.42 Å². The molecule has 0 fully saturated rings. The van der Waals surface area contributed by atoms with E-state index in [1.165, 1.54) is 10.8 Å². The van der Waals surface area contributed by atoms with E-state index in [2.05, 4.69) is 57.9 Å². The maximum atomic E-state index is 10.4. The summed E-state index contributed by atoms with van der Waals surface area (Å²) in [5, 5.41) is 3.49. The fourth-order valence-corrected chi connectivity index (χ4v) is 2.68. The Hall–Kier alpha value is -3.05. The molecule has 0 N–H and O–H groups in total. The van der Waals surface area contributed by atoms with Gasteiger partial charge in [0.15, 0.2) is 0 Å². The number of fused-ring (bicyclic) bond motifs is 2. The van der Waals surface area contributed by atoms with Crippen LogP contribution >= 0.6 is 0 Å². The molecule has 0 aliphatic rings. The lowest BCUT2D eigenvalue weighted by Crippen LogP contribution is -1.77. The van der Waals surface area contributed by atoms with Gasteiger partial charge in [-0.05, 0) is 22.9 Å². The van der Waals surface area contributed by atoms with E-state index in [0.717, 1.165) is 5.39 Å². The Kier molecular flexibility index (Phi) is 4.93. The van der Waals surface area contributed by atoms with E-state index in [0.29, 0.717) is 11.2 Å². The lowest BCUT2D eigenvalue weighted by molar-refractivity contribution is 0.622. The van der Waals surface area contributed by atoms with Crippen molar-refractivity contribution in [1.29, 1.82) is 0 Å². The van der Waals surface area contributed by atoms with Gasteiger partial charge in [0, 0.05) is 11.6 Å². The summed E-state index contributed by atoms with van der Waals surface area (Å²) in [6.07, 6.45) is 1.61. The third-order valence-corrected chi connectivity index (χ3v) is 3.79. The Morgan fingerprint density at radius 3 is 1.79 bits per heavy atom. The molecule has 0 amide bonds. The highest BCUT2D eigenvalue weighted by atomic mass is 32.2. The van der Waals surface area contributed by atoms with Crippen LogP contribution in [0.1, 0.15) is 0 Å². The first kappa shape index (κ1) is 15.8. The van der Waals surface area contributed by atoms with Crippen molar-refractivity contribution >= 4 is 37.9 Å². The number of aromatic nitrogens is 1. The van der Waals surface area contributed by atoms with Gasteiger partial charge >= 0.3 is 10.5 Å². The zero-order chi connectivity index (χ0) is 16.8. The summed E-state index contributed by atoms with van der Waals surface area (Å²) >= 11 is 0. The molecular weight excluding hydrogens is 320 g/mol. The van der Waals surface area contributed by atoms with Crippen molar-refractivity contribution in [3.63, 3.8) is 0 Å². The van der Waals surface area contributed by atoms with Crippen molar-refractivity contribution < 1.29 is 8.42 Å². The molecule has 5 heteroatoms. The molecule has 24 heavy (non-hydrogen) atoms. The normalized spacial score (nSPS) is 10.0. The molecule has 0 aliphatic carbocycles. The van der Waals surface area contributed by atoms with E-state index in [4.69, 9.17) is 0 Å². The third kappa shape index (κ3) is 3.83. The minimum Gasteiger partial charge on any atom is -0.254 e. The lowest BCUT2D eigenvalue weighted by Gasteiger charge is -1.96. The van der Waals surface area contributed by atoms with E-state index < -0.39 is 10.5 Å².